The zero-order chi connectivity index (χ0) is 9.64. The molecule has 3 heteroatoms. The molecule has 2 rings (SSSR count). The number of rotatable bonds is 1. The zero-order valence-electron chi connectivity index (χ0n) is 8.37. The second-order valence-electron chi connectivity index (χ2n) is 4.92. The van der Waals surface area contributed by atoms with E-state index in [9.17, 15) is 4.79 Å². The van der Waals surface area contributed by atoms with E-state index < -0.39 is 0 Å². The Morgan fingerprint density at radius 1 is 1.31 bits per heavy atom. The molecule has 1 saturated heterocycles. The highest BCUT2D eigenvalue weighted by Crippen LogP contribution is 2.51. The van der Waals surface area contributed by atoms with Crippen molar-refractivity contribution < 1.29 is 14.3 Å². The second kappa shape index (κ2) is 2.71. The van der Waals surface area contributed by atoms with Gasteiger partial charge in [0.1, 0.15) is 5.60 Å². The number of carbonyl (C=O) groups is 1. The maximum absolute atomic E-state index is 11.6. The Morgan fingerprint density at radius 2 is 1.85 bits per heavy atom. The Balaban J connectivity index is 1.87. The van der Waals surface area contributed by atoms with Crippen molar-refractivity contribution in [1.82, 2.24) is 0 Å². The molecule has 0 radical (unpaired) electrons. The zero-order valence-corrected chi connectivity index (χ0v) is 8.37. The lowest BCUT2D eigenvalue weighted by Crippen LogP contribution is -2.26. The largest absolute Gasteiger partial charge is 0.460 e. The van der Waals surface area contributed by atoms with Gasteiger partial charge in [-0.2, -0.15) is 0 Å². The highest BCUT2D eigenvalue weighted by Gasteiger charge is 2.59. The average Bonchev–Trinajstić information content (AvgIpc) is 2.44. The summed E-state index contributed by atoms with van der Waals surface area (Å²) in [5.41, 5.74) is -0.352. The van der Waals surface area contributed by atoms with Gasteiger partial charge in [0.2, 0.25) is 0 Å². The van der Waals surface area contributed by atoms with Crippen LogP contribution in [0.2, 0.25) is 0 Å². The molecule has 1 aliphatic carbocycles. The van der Waals surface area contributed by atoms with Crippen LogP contribution >= 0.6 is 0 Å². The van der Waals surface area contributed by atoms with Gasteiger partial charge in [0.15, 0.2) is 0 Å². The van der Waals surface area contributed by atoms with Gasteiger partial charge >= 0.3 is 5.97 Å². The first-order chi connectivity index (χ1) is 5.99. The molecule has 1 aliphatic heterocycles. The molecule has 0 aromatic heterocycles. The van der Waals surface area contributed by atoms with E-state index in [0.717, 1.165) is 13.2 Å². The lowest BCUT2D eigenvalue weighted by atomic mass is 10.2. The van der Waals surface area contributed by atoms with Crippen LogP contribution < -0.4 is 0 Å². The van der Waals surface area contributed by atoms with Crippen LogP contribution in [0.25, 0.3) is 0 Å². The van der Waals surface area contributed by atoms with Crippen molar-refractivity contribution in [2.24, 2.45) is 17.8 Å². The Labute approximate surface area is 78.4 Å². The SMILES string of the molecule is CC(C)(C)OC(=O)C1[C@H]2COC[C@H]12. The van der Waals surface area contributed by atoms with Gasteiger partial charge in [-0.3, -0.25) is 4.79 Å². The van der Waals surface area contributed by atoms with Crippen molar-refractivity contribution >= 4 is 5.97 Å². The lowest BCUT2D eigenvalue weighted by molar-refractivity contribution is -0.158. The van der Waals surface area contributed by atoms with E-state index in [4.69, 9.17) is 9.47 Å². The monoisotopic (exact) mass is 184 g/mol. The van der Waals surface area contributed by atoms with Crippen LogP contribution in [-0.2, 0) is 14.3 Å². The smallest absolute Gasteiger partial charge is 0.310 e. The summed E-state index contributed by atoms with van der Waals surface area (Å²) in [6.45, 7) is 7.20. The van der Waals surface area contributed by atoms with Gasteiger partial charge in [-0.25, -0.2) is 0 Å². The Morgan fingerprint density at radius 3 is 2.31 bits per heavy atom. The van der Waals surface area contributed by atoms with E-state index in [1.807, 2.05) is 20.8 Å². The van der Waals surface area contributed by atoms with Gasteiger partial charge < -0.3 is 9.47 Å². The number of fused-ring (bicyclic) bond motifs is 1. The third-order valence-electron chi connectivity index (χ3n) is 2.63. The van der Waals surface area contributed by atoms with Gasteiger partial charge in [0, 0.05) is 11.8 Å². The first kappa shape index (κ1) is 9.00. The molecule has 3 nitrogen and oxygen atoms in total. The average molecular weight is 184 g/mol. The Kier molecular flexibility index (Phi) is 1.88. The summed E-state index contributed by atoms with van der Waals surface area (Å²) in [5, 5.41) is 0. The summed E-state index contributed by atoms with van der Waals surface area (Å²) in [4.78, 5) is 11.6. The lowest BCUT2D eigenvalue weighted by Gasteiger charge is -2.20. The Hall–Kier alpha value is -0.570. The molecule has 0 unspecified atom stereocenters. The van der Waals surface area contributed by atoms with Crippen molar-refractivity contribution in [3.05, 3.63) is 0 Å². The quantitative estimate of drug-likeness (QED) is 0.575. The van der Waals surface area contributed by atoms with Crippen LogP contribution in [0.15, 0.2) is 0 Å². The number of carbonyl (C=O) groups excluding carboxylic acids is 1. The molecule has 0 aromatic carbocycles. The first-order valence-corrected chi connectivity index (χ1v) is 4.79. The highest BCUT2D eigenvalue weighted by atomic mass is 16.6. The summed E-state index contributed by atoms with van der Waals surface area (Å²) in [5.74, 6) is 1.00. The molecule has 1 saturated carbocycles. The predicted molar refractivity (Wildman–Crippen MR) is 47.1 cm³/mol. The van der Waals surface area contributed by atoms with Crippen molar-refractivity contribution in [2.75, 3.05) is 13.2 Å². The van der Waals surface area contributed by atoms with Gasteiger partial charge in [-0.1, -0.05) is 0 Å². The molecule has 13 heavy (non-hydrogen) atoms. The molecular formula is C10H16O3. The van der Waals surface area contributed by atoms with Crippen LogP contribution in [0.1, 0.15) is 20.8 Å². The van der Waals surface area contributed by atoms with E-state index in [2.05, 4.69) is 0 Å². The van der Waals surface area contributed by atoms with Crippen molar-refractivity contribution in [3.8, 4) is 0 Å². The standard InChI is InChI=1S/C10H16O3/c1-10(2,3)13-9(11)8-6-4-12-5-7(6)8/h6-8H,4-5H2,1-3H3/t6-,7-/m0/s1. The van der Waals surface area contributed by atoms with E-state index >= 15 is 0 Å². The molecular weight excluding hydrogens is 168 g/mol. The molecule has 0 bridgehead atoms. The van der Waals surface area contributed by atoms with Crippen LogP contribution in [0.5, 0.6) is 0 Å². The fraction of sp³-hybridized carbons (Fsp3) is 0.900. The normalized spacial score (nSPS) is 37.0. The number of hydrogen-bond donors (Lipinski definition) is 0. The van der Waals surface area contributed by atoms with Crippen molar-refractivity contribution in [3.63, 3.8) is 0 Å². The van der Waals surface area contributed by atoms with Crippen molar-refractivity contribution in [2.45, 2.75) is 26.4 Å². The summed E-state index contributed by atoms with van der Waals surface area (Å²) in [7, 11) is 0. The molecule has 74 valence electrons. The maximum Gasteiger partial charge on any atom is 0.310 e. The molecule has 1 heterocycles. The molecule has 0 N–H and O–H groups in total. The summed E-state index contributed by atoms with van der Waals surface area (Å²) in [6.07, 6.45) is 0. The van der Waals surface area contributed by atoms with E-state index in [-0.39, 0.29) is 17.5 Å². The fourth-order valence-corrected chi connectivity index (χ4v) is 1.96. The van der Waals surface area contributed by atoms with E-state index in [1.165, 1.54) is 0 Å². The molecule has 2 fully saturated rings. The third-order valence-corrected chi connectivity index (χ3v) is 2.63. The minimum atomic E-state index is -0.352. The molecule has 0 amide bonds. The van der Waals surface area contributed by atoms with Crippen LogP contribution in [-0.4, -0.2) is 24.8 Å². The van der Waals surface area contributed by atoms with Crippen molar-refractivity contribution in [1.29, 1.82) is 0 Å². The fourth-order valence-electron chi connectivity index (χ4n) is 1.96. The van der Waals surface area contributed by atoms with Crippen LogP contribution in [0, 0.1) is 17.8 Å². The van der Waals surface area contributed by atoms with Gasteiger partial charge in [0.05, 0.1) is 19.1 Å². The summed E-state index contributed by atoms with van der Waals surface area (Å²) in [6, 6.07) is 0. The number of ether oxygens (including phenoxy) is 2. The van der Waals surface area contributed by atoms with Gasteiger partial charge in [-0.15, -0.1) is 0 Å². The highest BCUT2D eigenvalue weighted by molar-refractivity contribution is 5.77. The molecule has 0 spiro atoms. The van der Waals surface area contributed by atoms with Gasteiger partial charge in [-0.05, 0) is 20.8 Å². The van der Waals surface area contributed by atoms with E-state index in [1.54, 1.807) is 0 Å². The number of hydrogen-bond acceptors (Lipinski definition) is 3. The minimum absolute atomic E-state index is 0.0363. The Bertz CT molecular complexity index is 219. The number of esters is 1. The topological polar surface area (TPSA) is 35.5 Å². The van der Waals surface area contributed by atoms with E-state index in [0.29, 0.717) is 11.8 Å². The maximum atomic E-state index is 11.6. The minimum Gasteiger partial charge on any atom is -0.460 e. The summed E-state index contributed by atoms with van der Waals surface area (Å²) >= 11 is 0. The summed E-state index contributed by atoms with van der Waals surface area (Å²) < 4.78 is 10.5. The van der Waals surface area contributed by atoms with Gasteiger partial charge in [0.25, 0.3) is 0 Å². The van der Waals surface area contributed by atoms with Crippen LogP contribution in [0.3, 0.4) is 0 Å². The molecule has 2 atom stereocenters. The molecule has 2 aliphatic rings. The first-order valence-electron chi connectivity index (χ1n) is 4.79. The third kappa shape index (κ3) is 1.70. The predicted octanol–water partition coefficient (Wildman–Crippen LogP) is 1.22. The molecule has 0 aromatic rings. The second-order valence-corrected chi connectivity index (χ2v) is 4.92. The van der Waals surface area contributed by atoms with Crippen LogP contribution in [0.4, 0.5) is 0 Å².